The van der Waals surface area contributed by atoms with Crippen molar-refractivity contribution in [2.24, 2.45) is 0 Å². The standard InChI is InChI=1S/C55H49NO/c1-52(2,3)44-22-14-18-38-49-47(57-51(38)44)29-27-36-39-30-32(25-28-42(39)55(8,9)50(36)49)56(33-24-26-35-34-16-10-12-19-40(34)54(6,7)45(35)31-33)46-23-15-21-43-48(46)37-17-11-13-20-41(37)53(43,4)5/h10-31H,1-9H3. The van der Waals surface area contributed by atoms with Gasteiger partial charge in [0.2, 0.25) is 0 Å². The molecule has 0 fully saturated rings. The van der Waals surface area contributed by atoms with Gasteiger partial charge < -0.3 is 9.32 Å². The third-order valence-electron chi connectivity index (χ3n) is 14.0. The lowest BCUT2D eigenvalue weighted by Gasteiger charge is -2.31. The van der Waals surface area contributed by atoms with Gasteiger partial charge in [-0.25, -0.2) is 0 Å². The summed E-state index contributed by atoms with van der Waals surface area (Å²) in [5.41, 5.74) is 22.4. The molecule has 2 nitrogen and oxygen atoms in total. The van der Waals surface area contributed by atoms with E-state index in [-0.39, 0.29) is 21.7 Å². The number of furan rings is 1. The zero-order valence-corrected chi connectivity index (χ0v) is 34.6. The summed E-state index contributed by atoms with van der Waals surface area (Å²) < 4.78 is 6.76. The Morgan fingerprint density at radius 2 is 1.07 bits per heavy atom. The zero-order chi connectivity index (χ0) is 39.4. The third-order valence-corrected chi connectivity index (χ3v) is 14.0. The van der Waals surface area contributed by atoms with E-state index < -0.39 is 0 Å². The number of nitrogens with zero attached hydrogens (tertiary/aromatic N) is 1. The van der Waals surface area contributed by atoms with Crippen molar-refractivity contribution in [1.29, 1.82) is 0 Å². The Bertz CT molecular complexity index is 3030. The van der Waals surface area contributed by atoms with Crippen LogP contribution in [0.5, 0.6) is 0 Å². The summed E-state index contributed by atoms with van der Waals surface area (Å²) in [6.07, 6.45) is 0. The quantitative estimate of drug-likeness (QED) is 0.179. The predicted molar refractivity (Wildman–Crippen MR) is 240 cm³/mol. The molecular formula is C55H49NO. The van der Waals surface area contributed by atoms with Crippen LogP contribution in [0.4, 0.5) is 17.1 Å². The summed E-state index contributed by atoms with van der Waals surface area (Å²) in [5, 5.41) is 2.45. The Morgan fingerprint density at radius 1 is 0.474 bits per heavy atom. The first-order valence-corrected chi connectivity index (χ1v) is 20.6. The molecule has 0 atom stereocenters. The molecule has 0 aliphatic heterocycles. The number of fused-ring (bicyclic) bond motifs is 13. The Kier molecular flexibility index (Phi) is 6.74. The molecule has 3 aliphatic carbocycles. The van der Waals surface area contributed by atoms with Crippen molar-refractivity contribution >= 4 is 39.0 Å². The summed E-state index contributed by atoms with van der Waals surface area (Å²) in [5.74, 6) is 0. The highest BCUT2D eigenvalue weighted by molar-refractivity contribution is 6.12. The molecule has 280 valence electrons. The first-order chi connectivity index (χ1) is 27.2. The molecule has 57 heavy (non-hydrogen) atoms. The first-order valence-electron chi connectivity index (χ1n) is 20.6. The molecule has 1 heterocycles. The minimum absolute atomic E-state index is 0.0314. The van der Waals surface area contributed by atoms with E-state index >= 15 is 0 Å². The fourth-order valence-electron chi connectivity index (χ4n) is 11.1. The highest BCUT2D eigenvalue weighted by Gasteiger charge is 2.42. The number of hydrogen-bond donors (Lipinski definition) is 0. The lowest BCUT2D eigenvalue weighted by atomic mass is 9.80. The fourth-order valence-corrected chi connectivity index (χ4v) is 11.1. The second-order valence-corrected chi connectivity index (χ2v) is 19.4. The van der Waals surface area contributed by atoms with Gasteiger partial charge in [-0.1, -0.05) is 159 Å². The number of hydrogen-bond acceptors (Lipinski definition) is 2. The molecule has 0 saturated heterocycles. The predicted octanol–water partition coefficient (Wildman–Crippen LogP) is 15.3. The minimum Gasteiger partial charge on any atom is -0.456 e. The highest BCUT2D eigenvalue weighted by Crippen LogP contribution is 2.58. The van der Waals surface area contributed by atoms with Gasteiger partial charge in [-0.15, -0.1) is 0 Å². The van der Waals surface area contributed by atoms with Crippen molar-refractivity contribution in [2.45, 2.75) is 84.0 Å². The van der Waals surface area contributed by atoms with Crippen LogP contribution in [0, 0.1) is 0 Å². The van der Waals surface area contributed by atoms with Crippen molar-refractivity contribution < 1.29 is 4.42 Å². The molecule has 0 N–H and O–H groups in total. The molecule has 3 aliphatic rings. The maximum Gasteiger partial charge on any atom is 0.139 e. The number of para-hydroxylation sites is 1. The summed E-state index contributed by atoms with van der Waals surface area (Å²) >= 11 is 0. The summed E-state index contributed by atoms with van der Waals surface area (Å²) in [6, 6.07) is 50.5. The molecule has 2 heteroatoms. The zero-order valence-electron chi connectivity index (χ0n) is 34.6. The smallest absolute Gasteiger partial charge is 0.139 e. The van der Waals surface area contributed by atoms with Gasteiger partial charge in [0.15, 0.2) is 0 Å². The van der Waals surface area contributed by atoms with E-state index in [4.69, 9.17) is 4.42 Å². The van der Waals surface area contributed by atoms with E-state index in [1.807, 2.05) is 0 Å². The molecule has 0 bridgehead atoms. The van der Waals surface area contributed by atoms with Gasteiger partial charge in [-0.2, -0.15) is 0 Å². The maximum absolute atomic E-state index is 6.76. The Labute approximate surface area is 336 Å². The van der Waals surface area contributed by atoms with Crippen molar-refractivity contribution in [1.82, 2.24) is 0 Å². The molecule has 0 amide bonds. The Morgan fingerprint density at radius 3 is 1.84 bits per heavy atom. The van der Waals surface area contributed by atoms with Gasteiger partial charge in [-0.3, -0.25) is 0 Å². The molecule has 8 aromatic rings. The molecule has 0 radical (unpaired) electrons. The van der Waals surface area contributed by atoms with Crippen molar-refractivity contribution in [3.8, 4) is 33.4 Å². The normalized spacial score (nSPS) is 16.2. The average molecular weight is 740 g/mol. The Balaban J connectivity index is 1.17. The van der Waals surface area contributed by atoms with Crippen LogP contribution in [0.15, 0.2) is 138 Å². The SMILES string of the molecule is CC(C)(C)c1cccc2c1oc1ccc3c(c12)C(C)(C)c1ccc(N(c2ccc4c(c2)C(C)(C)c2ccccc2-4)c2cccc4c2-c2ccccc2C4(C)C)cc1-3. The van der Waals surface area contributed by atoms with Gasteiger partial charge in [0.25, 0.3) is 0 Å². The lowest BCUT2D eigenvalue weighted by Crippen LogP contribution is -2.18. The monoisotopic (exact) mass is 739 g/mol. The molecule has 0 saturated carbocycles. The van der Waals surface area contributed by atoms with Gasteiger partial charge in [0.1, 0.15) is 11.2 Å². The highest BCUT2D eigenvalue weighted by atomic mass is 16.3. The second-order valence-electron chi connectivity index (χ2n) is 19.4. The van der Waals surface area contributed by atoms with Crippen molar-refractivity contribution in [2.75, 3.05) is 4.90 Å². The topological polar surface area (TPSA) is 16.4 Å². The van der Waals surface area contributed by atoms with Crippen LogP contribution in [0.2, 0.25) is 0 Å². The number of rotatable bonds is 3. The van der Waals surface area contributed by atoms with Crippen LogP contribution in [0.1, 0.15) is 101 Å². The molecule has 0 spiro atoms. The maximum atomic E-state index is 6.76. The van der Waals surface area contributed by atoms with Crippen LogP contribution in [0.25, 0.3) is 55.3 Å². The van der Waals surface area contributed by atoms with Crippen molar-refractivity contribution in [3.63, 3.8) is 0 Å². The van der Waals surface area contributed by atoms with Gasteiger partial charge in [0, 0.05) is 49.5 Å². The molecule has 11 rings (SSSR count). The van der Waals surface area contributed by atoms with E-state index in [2.05, 4.69) is 201 Å². The molecule has 1 aromatic heterocycles. The minimum atomic E-state index is -0.220. The molecular weight excluding hydrogens is 691 g/mol. The van der Waals surface area contributed by atoms with E-state index in [1.165, 1.54) is 94.5 Å². The van der Waals surface area contributed by atoms with Crippen LogP contribution in [-0.4, -0.2) is 0 Å². The van der Waals surface area contributed by atoms with Gasteiger partial charge >= 0.3 is 0 Å². The van der Waals surface area contributed by atoms with Gasteiger partial charge in [-0.05, 0) is 103 Å². The van der Waals surface area contributed by atoms with Crippen LogP contribution in [0.3, 0.4) is 0 Å². The number of anilines is 3. The van der Waals surface area contributed by atoms with E-state index in [0.29, 0.717) is 0 Å². The largest absolute Gasteiger partial charge is 0.456 e. The van der Waals surface area contributed by atoms with Gasteiger partial charge in [0.05, 0.1) is 5.69 Å². The first kappa shape index (κ1) is 34.4. The van der Waals surface area contributed by atoms with Crippen LogP contribution < -0.4 is 4.90 Å². The second kappa shape index (κ2) is 11.2. The van der Waals surface area contributed by atoms with E-state index in [0.717, 1.165) is 16.9 Å². The average Bonchev–Trinajstić information content (AvgIpc) is 3.83. The number of benzene rings is 7. The summed E-state index contributed by atoms with van der Waals surface area (Å²) in [7, 11) is 0. The molecule has 0 unspecified atom stereocenters. The van der Waals surface area contributed by atoms with E-state index in [1.54, 1.807) is 0 Å². The Hall–Kier alpha value is -5.86. The lowest BCUT2D eigenvalue weighted by molar-refractivity contribution is 0.572. The summed E-state index contributed by atoms with van der Waals surface area (Å²) in [4.78, 5) is 2.54. The summed E-state index contributed by atoms with van der Waals surface area (Å²) in [6.45, 7) is 21.1. The van der Waals surface area contributed by atoms with E-state index in [9.17, 15) is 0 Å². The van der Waals surface area contributed by atoms with Crippen molar-refractivity contribution in [3.05, 3.63) is 172 Å². The molecule has 7 aromatic carbocycles. The van der Waals surface area contributed by atoms with Crippen LogP contribution in [-0.2, 0) is 21.7 Å². The third kappa shape index (κ3) is 4.47. The fraction of sp³-hybridized carbons (Fsp3) is 0.236. The van der Waals surface area contributed by atoms with Crippen LogP contribution >= 0.6 is 0 Å².